The molecule has 0 aliphatic heterocycles. The van der Waals surface area contributed by atoms with Crippen LogP contribution in [0.4, 0.5) is 10.8 Å². The molecule has 1 heterocycles. The number of carbonyl (C=O) groups excluding carboxylic acids is 1. The minimum Gasteiger partial charge on any atom is -0.360 e. The third-order valence-electron chi connectivity index (χ3n) is 3.35. The minimum atomic E-state index is -0.239. The normalized spacial score (nSPS) is 12.2. The van der Waals surface area contributed by atoms with Crippen molar-refractivity contribution < 1.29 is 4.79 Å². The van der Waals surface area contributed by atoms with Crippen LogP contribution in [0.25, 0.3) is 0 Å². The summed E-state index contributed by atoms with van der Waals surface area (Å²) in [7, 11) is 0. The summed E-state index contributed by atoms with van der Waals surface area (Å²) in [5, 5.41) is 15.1. The van der Waals surface area contributed by atoms with E-state index >= 15 is 0 Å². The second kappa shape index (κ2) is 8.48. The molecule has 2 aromatic rings. The number of benzene rings is 1. The van der Waals surface area contributed by atoms with E-state index in [1.165, 1.54) is 28.7 Å². The molecule has 1 aromatic carbocycles. The average molecular weight is 365 g/mol. The molecule has 0 fully saturated rings. The molecule has 0 aliphatic rings. The Balaban J connectivity index is 1.91. The fraction of sp³-hybridized carbons (Fsp3) is 0.471. The van der Waals surface area contributed by atoms with Gasteiger partial charge in [-0.2, -0.15) is 0 Å². The number of nitrogens with one attached hydrogen (secondary N) is 2. The topological polar surface area (TPSA) is 66.9 Å². The fourth-order valence-corrected chi connectivity index (χ4v) is 3.92. The molecule has 1 amide bonds. The second-order valence-electron chi connectivity index (χ2n) is 6.22. The Bertz CT molecular complexity index is 700. The second-order valence-corrected chi connectivity index (χ2v) is 8.78. The molecule has 0 unspecified atom stereocenters. The molecule has 24 heavy (non-hydrogen) atoms. The Morgan fingerprint density at radius 2 is 2.00 bits per heavy atom. The van der Waals surface area contributed by atoms with Crippen molar-refractivity contribution in [2.75, 3.05) is 17.2 Å². The lowest BCUT2D eigenvalue weighted by atomic mass is 10.1. The van der Waals surface area contributed by atoms with Gasteiger partial charge in [-0.05, 0) is 38.3 Å². The van der Waals surface area contributed by atoms with Gasteiger partial charge >= 0.3 is 0 Å². The first-order valence-corrected chi connectivity index (χ1v) is 9.67. The SMILES string of the molecule is Cc1ccc(NC(=O)[C@@H](C)Sc2nnc(NCC(C)C)s2)c(C)c1. The van der Waals surface area contributed by atoms with E-state index in [9.17, 15) is 4.79 Å². The Kier molecular flexibility index (Phi) is 6.62. The van der Waals surface area contributed by atoms with Crippen molar-refractivity contribution >= 4 is 39.8 Å². The van der Waals surface area contributed by atoms with Gasteiger partial charge in [0.1, 0.15) is 0 Å². The van der Waals surface area contributed by atoms with Gasteiger partial charge in [0.25, 0.3) is 0 Å². The molecule has 0 saturated heterocycles. The first-order chi connectivity index (χ1) is 11.3. The van der Waals surface area contributed by atoms with E-state index < -0.39 is 0 Å². The van der Waals surface area contributed by atoms with Crippen LogP contribution in [0.2, 0.25) is 0 Å². The summed E-state index contributed by atoms with van der Waals surface area (Å²) in [6.07, 6.45) is 0. The molecule has 0 radical (unpaired) electrons. The highest BCUT2D eigenvalue weighted by molar-refractivity contribution is 8.02. The summed E-state index contributed by atoms with van der Waals surface area (Å²) >= 11 is 2.91. The van der Waals surface area contributed by atoms with E-state index in [2.05, 4.69) is 40.7 Å². The van der Waals surface area contributed by atoms with Crippen LogP contribution < -0.4 is 10.6 Å². The molecule has 5 nitrogen and oxygen atoms in total. The highest BCUT2D eigenvalue weighted by atomic mass is 32.2. The molecule has 130 valence electrons. The van der Waals surface area contributed by atoms with Crippen molar-refractivity contribution in [3.05, 3.63) is 29.3 Å². The standard InChI is InChI=1S/C17H24N4OS2/c1-10(2)9-18-16-20-21-17(24-16)23-13(5)15(22)19-14-7-6-11(3)8-12(14)4/h6-8,10,13H,9H2,1-5H3,(H,18,20)(H,19,22)/t13-/m1/s1. The van der Waals surface area contributed by atoms with Crippen LogP contribution in [-0.2, 0) is 4.79 Å². The monoisotopic (exact) mass is 364 g/mol. The highest BCUT2D eigenvalue weighted by Gasteiger charge is 2.18. The molecule has 7 heteroatoms. The van der Waals surface area contributed by atoms with Crippen LogP contribution in [-0.4, -0.2) is 27.9 Å². The van der Waals surface area contributed by atoms with Gasteiger partial charge in [-0.3, -0.25) is 4.79 Å². The molecule has 2 rings (SSSR count). The van der Waals surface area contributed by atoms with Gasteiger partial charge in [-0.15, -0.1) is 10.2 Å². The average Bonchev–Trinajstić information content (AvgIpc) is 2.95. The molecule has 0 bridgehead atoms. The highest BCUT2D eigenvalue weighted by Crippen LogP contribution is 2.29. The molecule has 1 atom stereocenters. The van der Waals surface area contributed by atoms with Crippen LogP contribution in [0.5, 0.6) is 0 Å². The van der Waals surface area contributed by atoms with Crippen LogP contribution >= 0.6 is 23.1 Å². The number of carbonyl (C=O) groups is 1. The minimum absolute atomic E-state index is 0.0288. The summed E-state index contributed by atoms with van der Waals surface area (Å²) in [6, 6.07) is 6.00. The molecular formula is C17H24N4OS2. The first kappa shape index (κ1) is 18.7. The lowest BCUT2D eigenvalue weighted by Gasteiger charge is -2.12. The number of aromatic nitrogens is 2. The van der Waals surface area contributed by atoms with Crippen molar-refractivity contribution in [1.82, 2.24) is 10.2 Å². The molecule has 0 aliphatic carbocycles. The number of rotatable bonds is 7. The number of nitrogens with zero attached hydrogens (tertiary/aromatic N) is 2. The van der Waals surface area contributed by atoms with E-state index in [1.54, 1.807) is 0 Å². The number of aryl methyl sites for hydroxylation is 2. The van der Waals surface area contributed by atoms with Crippen LogP contribution in [0.15, 0.2) is 22.5 Å². The number of anilines is 2. The van der Waals surface area contributed by atoms with Crippen LogP contribution in [0.1, 0.15) is 31.9 Å². The number of hydrogen-bond donors (Lipinski definition) is 2. The zero-order valence-corrected chi connectivity index (χ0v) is 16.3. The summed E-state index contributed by atoms with van der Waals surface area (Å²) in [5.74, 6) is 0.520. The van der Waals surface area contributed by atoms with Crippen molar-refractivity contribution in [1.29, 1.82) is 0 Å². The number of hydrogen-bond acceptors (Lipinski definition) is 6. The zero-order valence-electron chi connectivity index (χ0n) is 14.7. The molecule has 0 spiro atoms. The lowest BCUT2D eigenvalue weighted by molar-refractivity contribution is -0.115. The van der Waals surface area contributed by atoms with E-state index in [0.717, 1.165) is 27.3 Å². The van der Waals surface area contributed by atoms with Crippen molar-refractivity contribution in [3.8, 4) is 0 Å². The van der Waals surface area contributed by atoms with E-state index in [4.69, 9.17) is 0 Å². The quantitative estimate of drug-likeness (QED) is 0.715. The zero-order chi connectivity index (χ0) is 17.7. The maximum absolute atomic E-state index is 12.4. The summed E-state index contributed by atoms with van der Waals surface area (Å²) in [4.78, 5) is 12.4. The Morgan fingerprint density at radius 1 is 1.25 bits per heavy atom. The predicted octanol–water partition coefficient (Wildman–Crippen LogP) is 4.34. The van der Waals surface area contributed by atoms with Gasteiger partial charge in [0.15, 0.2) is 4.34 Å². The van der Waals surface area contributed by atoms with Gasteiger partial charge in [-0.1, -0.05) is 54.6 Å². The lowest BCUT2D eigenvalue weighted by Crippen LogP contribution is -2.22. The van der Waals surface area contributed by atoms with Crippen molar-refractivity contribution in [2.45, 2.75) is 44.2 Å². The summed E-state index contributed by atoms with van der Waals surface area (Å²) in [5.41, 5.74) is 3.11. The van der Waals surface area contributed by atoms with Gasteiger partial charge in [0.2, 0.25) is 11.0 Å². The first-order valence-electron chi connectivity index (χ1n) is 7.97. The number of amides is 1. The number of thioether (sulfide) groups is 1. The largest absolute Gasteiger partial charge is 0.360 e. The van der Waals surface area contributed by atoms with E-state index in [1.807, 2.05) is 32.9 Å². The molecular weight excluding hydrogens is 340 g/mol. The van der Waals surface area contributed by atoms with Crippen LogP contribution in [0, 0.1) is 19.8 Å². The van der Waals surface area contributed by atoms with Crippen molar-refractivity contribution in [2.24, 2.45) is 5.92 Å². The Labute approximate surface area is 151 Å². The summed E-state index contributed by atoms with van der Waals surface area (Å²) < 4.78 is 0.796. The van der Waals surface area contributed by atoms with Gasteiger partial charge in [0, 0.05) is 12.2 Å². The third-order valence-corrected chi connectivity index (χ3v) is 5.42. The Hall–Kier alpha value is -1.60. The molecule has 0 saturated carbocycles. The van der Waals surface area contributed by atoms with Gasteiger partial charge in [0.05, 0.1) is 5.25 Å². The van der Waals surface area contributed by atoms with Gasteiger partial charge < -0.3 is 10.6 Å². The third kappa shape index (κ3) is 5.49. The molecule has 1 aromatic heterocycles. The maximum atomic E-state index is 12.4. The predicted molar refractivity (Wildman–Crippen MR) is 103 cm³/mol. The maximum Gasteiger partial charge on any atom is 0.237 e. The Morgan fingerprint density at radius 3 is 2.67 bits per heavy atom. The van der Waals surface area contributed by atoms with Crippen molar-refractivity contribution in [3.63, 3.8) is 0 Å². The molecule has 2 N–H and O–H groups in total. The fourth-order valence-electron chi connectivity index (χ4n) is 2.01. The van der Waals surface area contributed by atoms with E-state index in [0.29, 0.717) is 5.92 Å². The summed E-state index contributed by atoms with van der Waals surface area (Å²) in [6.45, 7) is 11.1. The van der Waals surface area contributed by atoms with E-state index in [-0.39, 0.29) is 11.2 Å². The van der Waals surface area contributed by atoms with Crippen LogP contribution in [0.3, 0.4) is 0 Å². The smallest absolute Gasteiger partial charge is 0.237 e. The van der Waals surface area contributed by atoms with Gasteiger partial charge in [-0.25, -0.2) is 0 Å².